The summed E-state index contributed by atoms with van der Waals surface area (Å²) in [5.41, 5.74) is 1.76. The number of rotatable bonds is 5. The van der Waals surface area contributed by atoms with Crippen molar-refractivity contribution in [1.82, 2.24) is 5.32 Å². The zero-order chi connectivity index (χ0) is 15.2. The van der Waals surface area contributed by atoms with Gasteiger partial charge in [-0.2, -0.15) is 0 Å². The first-order valence-corrected chi connectivity index (χ1v) is 7.46. The third-order valence-corrected chi connectivity index (χ3v) is 3.92. The maximum atomic E-state index is 11.4. The molecule has 2 atom stereocenters. The Labute approximate surface area is 124 Å². The molecule has 1 aliphatic rings. The summed E-state index contributed by atoms with van der Waals surface area (Å²) >= 11 is 0. The van der Waals surface area contributed by atoms with Gasteiger partial charge in [-0.25, -0.2) is 4.79 Å². The molecule has 0 spiro atoms. The van der Waals surface area contributed by atoms with E-state index in [4.69, 9.17) is 4.74 Å². The number of hydrogen-bond donors (Lipinski definition) is 3. The largest absolute Gasteiger partial charge is 0.464 e. The highest BCUT2D eigenvalue weighted by Crippen LogP contribution is 2.27. The average molecular weight is 293 g/mol. The van der Waals surface area contributed by atoms with Crippen molar-refractivity contribution in [2.75, 3.05) is 19.7 Å². The highest BCUT2D eigenvalue weighted by molar-refractivity contribution is 5.75. The maximum Gasteiger partial charge on any atom is 0.338 e. The Hall–Kier alpha value is -1.43. The molecule has 1 fully saturated rings. The Bertz CT molecular complexity index is 454. The number of aliphatic hydroxyl groups is 2. The molecular formula is C16H23NO4. The highest BCUT2D eigenvalue weighted by Gasteiger charge is 2.27. The van der Waals surface area contributed by atoms with Crippen LogP contribution in [0.15, 0.2) is 24.3 Å². The van der Waals surface area contributed by atoms with Gasteiger partial charge in [-0.15, -0.1) is 0 Å². The summed E-state index contributed by atoms with van der Waals surface area (Å²) in [7, 11) is 0. The van der Waals surface area contributed by atoms with Crippen LogP contribution in [-0.2, 0) is 9.53 Å². The SMILES string of the molecule is CCOC(=O)C(O)C(O)c1ccc(C2CCNCC2)cc1. The molecule has 0 aromatic heterocycles. The van der Waals surface area contributed by atoms with E-state index in [1.807, 2.05) is 12.1 Å². The van der Waals surface area contributed by atoms with Crippen molar-refractivity contribution in [1.29, 1.82) is 0 Å². The molecule has 116 valence electrons. The normalized spacial score (nSPS) is 19.0. The molecule has 0 amide bonds. The molecule has 0 bridgehead atoms. The summed E-state index contributed by atoms with van der Waals surface area (Å²) < 4.78 is 4.71. The molecule has 3 N–H and O–H groups in total. The lowest BCUT2D eigenvalue weighted by Crippen LogP contribution is -2.30. The van der Waals surface area contributed by atoms with Crippen molar-refractivity contribution in [2.24, 2.45) is 0 Å². The lowest BCUT2D eigenvalue weighted by Gasteiger charge is -2.23. The van der Waals surface area contributed by atoms with E-state index in [0.29, 0.717) is 11.5 Å². The fourth-order valence-corrected chi connectivity index (χ4v) is 2.66. The summed E-state index contributed by atoms with van der Waals surface area (Å²) in [6.45, 7) is 3.88. The maximum absolute atomic E-state index is 11.4. The second-order valence-corrected chi connectivity index (χ2v) is 5.33. The summed E-state index contributed by atoms with van der Waals surface area (Å²) in [5, 5.41) is 23.1. The quantitative estimate of drug-likeness (QED) is 0.709. The van der Waals surface area contributed by atoms with Gasteiger partial charge in [-0.3, -0.25) is 0 Å². The number of aliphatic hydroxyl groups excluding tert-OH is 2. The first kappa shape index (κ1) is 15.9. The van der Waals surface area contributed by atoms with Gasteiger partial charge in [0.15, 0.2) is 6.10 Å². The highest BCUT2D eigenvalue weighted by atomic mass is 16.5. The van der Waals surface area contributed by atoms with E-state index in [2.05, 4.69) is 5.32 Å². The van der Waals surface area contributed by atoms with Crippen LogP contribution in [0.5, 0.6) is 0 Å². The fourth-order valence-electron chi connectivity index (χ4n) is 2.66. The first-order chi connectivity index (χ1) is 10.1. The lowest BCUT2D eigenvalue weighted by molar-refractivity contribution is -0.159. The molecule has 5 heteroatoms. The van der Waals surface area contributed by atoms with Crippen molar-refractivity contribution < 1.29 is 19.7 Å². The Morgan fingerprint density at radius 2 is 1.90 bits per heavy atom. The smallest absolute Gasteiger partial charge is 0.338 e. The summed E-state index contributed by atoms with van der Waals surface area (Å²) in [5.74, 6) is -0.264. The zero-order valence-electron chi connectivity index (χ0n) is 12.3. The van der Waals surface area contributed by atoms with Crippen LogP contribution >= 0.6 is 0 Å². The molecule has 0 saturated carbocycles. The Morgan fingerprint density at radius 3 is 2.48 bits per heavy atom. The molecule has 21 heavy (non-hydrogen) atoms. The number of hydrogen-bond acceptors (Lipinski definition) is 5. The van der Waals surface area contributed by atoms with Gasteiger partial charge >= 0.3 is 5.97 Å². The fraction of sp³-hybridized carbons (Fsp3) is 0.562. The molecule has 0 radical (unpaired) electrons. The zero-order valence-corrected chi connectivity index (χ0v) is 12.3. The van der Waals surface area contributed by atoms with Gasteiger partial charge in [0.2, 0.25) is 0 Å². The minimum atomic E-state index is -1.55. The number of benzene rings is 1. The van der Waals surface area contributed by atoms with Gasteiger partial charge in [0.05, 0.1) is 6.61 Å². The van der Waals surface area contributed by atoms with Crippen LogP contribution in [0.1, 0.15) is 42.9 Å². The molecule has 1 aliphatic heterocycles. The van der Waals surface area contributed by atoms with E-state index >= 15 is 0 Å². The summed E-state index contributed by atoms with van der Waals surface area (Å²) in [6.07, 6.45) is -0.596. The van der Waals surface area contributed by atoms with Gasteiger partial charge < -0.3 is 20.3 Å². The lowest BCUT2D eigenvalue weighted by atomic mass is 9.89. The number of ether oxygens (including phenoxy) is 1. The van der Waals surface area contributed by atoms with E-state index in [9.17, 15) is 15.0 Å². The Morgan fingerprint density at radius 1 is 1.29 bits per heavy atom. The molecule has 2 rings (SSSR count). The first-order valence-electron chi connectivity index (χ1n) is 7.46. The number of carbonyl (C=O) groups excluding carboxylic acids is 1. The second-order valence-electron chi connectivity index (χ2n) is 5.33. The Kier molecular flexibility index (Phi) is 5.73. The molecule has 1 aromatic carbocycles. The minimum absolute atomic E-state index is 0.178. The number of piperidine rings is 1. The predicted molar refractivity (Wildman–Crippen MR) is 78.9 cm³/mol. The molecule has 1 aromatic rings. The van der Waals surface area contributed by atoms with E-state index < -0.39 is 18.2 Å². The molecule has 1 saturated heterocycles. The third-order valence-electron chi connectivity index (χ3n) is 3.92. The van der Waals surface area contributed by atoms with Crippen molar-refractivity contribution in [3.8, 4) is 0 Å². The minimum Gasteiger partial charge on any atom is -0.464 e. The van der Waals surface area contributed by atoms with Crippen molar-refractivity contribution in [3.05, 3.63) is 35.4 Å². The summed E-state index contributed by atoms with van der Waals surface area (Å²) in [6, 6.07) is 7.47. The van der Waals surface area contributed by atoms with Gasteiger partial charge in [0.1, 0.15) is 6.10 Å². The van der Waals surface area contributed by atoms with Gasteiger partial charge in [0.25, 0.3) is 0 Å². The second kappa shape index (κ2) is 7.54. The van der Waals surface area contributed by atoms with Crippen LogP contribution in [0.2, 0.25) is 0 Å². The van der Waals surface area contributed by atoms with Crippen molar-refractivity contribution in [2.45, 2.75) is 37.9 Å². The standard InChI is InChI=1S/C16H23NO4/c1-2-21-16(20)15(19)14(18)13-5-3-11(4-6-13)12-7-9-17-10-8-12/h3-6,12,14-15,17-19H,2,7-10H2,1H3. The van der Waals surface area contributed by atoms with Crippen LogP contribution in [-0.4, -0.2) is 42.0 Å². The third kappa shape index (κ3) is 4.03. The van der Waals surface area contributed by atoms with E-state index in [0.717, 1.165) is 25.9 Å². The Balaban J connectivity index is 2.02. The van der Waals surface area contributed by atoms with Crippen molar-refractivity contribution in [3.63, 3.8) is 0 Å². The van der Waals surface area contributed by atoms with Gasteiger partial charge in [-0.1, -0.05) is 24.3 Å². The van der Waals surface area contributed by atoms with Gasteiger partial charge in [0, 0.05) is 0 Å². The van der Waals surface area contributed by atoms with Crippen molar-refractivity contribution >= 4 is 5.97 Å². The average Bonchev–Trinajstić information content (AvgIpc) is 2.54. The predicted octanol–water partition coefficient (Wildman–Crippen LogP) is 1.11. The van der Waals surface area contributed by atoms with Crippen LogP contribution in [0.25, 0.3) is 0 Å². The van der Waals surface area contributed by atoms with Crippen LogP contribution < -0.4 is 5.32 Å². The number of nitrogens with one attached hydrogen (secondary N) is 1. The number of carbonyl (C=O) groups is 1. The van der Waals surface area contributed by atoms with Gasteiger partial charge in [-0.05, 0) is 49.9 Å². The molecule has 2 unspecified atom stereocenters. The molecule has 0 aliphatic carbocycles. The number of esters is 1. The molecule has 5 nitrogen and oxygen atoms in total. The van der Waals surface area contributed by atoms with Crippen LogP contribution in [0.4, 0.5) is 0 Å². The van der Waals surface area contributed by atoms with E-state index in [1.165, 1.54) is 5.56 Å². The van der Waals surface area contributed by atoms with E-state index in [1.54, 1.807) is 19.1 Å². The summed E-state index contributed by atoms with van der Waals surface area (Å²) in [4.78, 5) is 11.4. The van der Waals surface area contributed by atoms with Crippen LogP contribution in [0.3, 0.4) is 0 Å². The molecular weight excluding hydrogens is 270 g/mol. The topological polar surface area (TPSA) is 78.8 Å². The van der Waals surface area contributed by atoms with E-state index in [-0.39, 0.29) is 6.61 Å². The van der Waals surface area contributed by atoms with Crippen LogP contribution in [0, 0.1) is 0 Å². The monoisotopic (exact) mass is 293 g/mol. The molecule has 1 heterocycles.